The zero-order valence-corrected chi connectivity index (χ0v) is 13.0. The molecule has 0 fully saturated rings. The van der Waals surface area contributed by atoms with E-state index < -0.39 is 12.1 Å². The number of anilines is 1. The van der Waals surface area contributed by atoms with Gasteiger partial charge in [-0.05, 0) is 18.6 Å². The fraction of sp³-hybridized carbons (Fsp3) is 0.200. The number of carbonyl (C=O) groups excluding carboxylic acids is 2. The van der Waals surface area contributed by atoms with E-state index >= 15 is 0 Å². The number of carbonyl (C=O) groups is 2. The lowest BCUT2D eigenvalue weighted by Gasteiger charge is -2.09. The van der Waals surface area contributed by atoms with Crippen LogP contribution in [0.1, 0.15) is 22.8 Å². The van der Waals surface area contributed by atoms with Crippen molar-refractivity contribution in [2.24, 2.45) is 0 Å². The second kappa shape index (κ2) is 8.09. The number of nitrogens with one attached hydrogen (secondary N) is 1. The van der Waals surface area contributed by atoms with Gasteiger partial charge in [-0.25, -0.2) is 9.59 Å². The van der Waals surface area contributed by atoms with Crippen molar-refractivity contribution in [2.75, 3.05) is 11.9 Å². The average molecular weight is 336 g/mol. The Morgan fingerprint density at radius 2 is 1.91 bits per heavy atom. The summed E-state index contributed by atoms with van der Waals surface area (Å²) in [6.07, 6.45) is -0.768. The van der Waals surface area contributed by atoms with Crippen LogP contribution >= 0.6 is 11.6 Å². The minimum atomic E-state index is -0.768. The predicted molar refractivity (Wildman–Crippen MR) is 83.2 cm³/mol. The van der Waals surface area contributed by atoms with Gasteiger partial charge >= 0.3 is 12.1 Å². The van der Waals surface area contributed by atoms with E-state index in [9.17, 15) is 9.59 Å². The second-order valence-corrected chi connectivity index (χ2v) is 4.72. The molecule has 0 spiro atoms. The first-order chi connectivity index (χ1) is 11.1. The summed E-state index contributed by atoms with van der Waals surface area (Å²) in [5.74, 6) is -0.742. The van der Waals surface area contributed by atoms with Crippen molar-refractivity contribution >= 4 is 29.5 Å². The van der Waals surface area contributed by atoms with Crippen molar-refractivity contribution in [1.29, 1.82) is 0 Å². The van der Waals surface area contributed by atoms with Crippen LogP contribution in [0.5, 0.6) is 0 Å². The Bertz CT molecular complexity index is 694. The Balaban J connectivity index is 2.04. The van der Waals surface area contributed by atoms with E-state index in [0.717, 1.165) is 5.56 Å². The van der Waals surface area contributed by atoms with E-state index in [4.69, 9.17) is 21.1 Å². The zero-order chi connectivity index (χ0) is 16.7. The van der Waals surface area contributed by atoms with E-state index in [-0.39, 0.29) is 29.7 Å². The minimum absolute atomic E-state index is 0.00325. The molecule has 0 bridgehead atoms. The normalized spacial score (nSPS) is 10.0. The molecule has 0 radical (unpaired) electrons. The molecule has 1 heterocycles. The van der Waals surface area contributed by atoms with Gasteiger partial charge in [0.05, 0.1) is 6.61 Å². The third-order valence-corrected chi connectivity index (χ3v) is 2.88. The highest BCUT2D eigenvalue weighted by atomic mass is 35.5. The second-order valence-electron chi connectivity index (χ2n) is 4.34. The number of halogens is 1. The number of esters is 1. The lowest BCUT2D eigenvalue weighted by atomic mass is 10.2. The molecular formula is C15H14ClN3O4. The summed E-state index contributed by atoms with van der Waals surface area (Å²) in [6.45, 7) is 1.93. The monoisotopic (exact) mass is 335 g/mol. The summed E-state index contributed by atoms with van der Waals surface area (Å²) >= 11 is 5.71. The van der Waals surface area contributed by atoms with Crippen LogP contribution in [0.3, 0.4) is 0 Å². The number of nitrogens with zero attached hydrogens (tertiary/aromatic N) is 2. The number of ether oxygens (including phenoxy) is 2. The van der Waals surface area contributed by atoms with Crippen LogP contribution in [0, 0.1) is 0 Å². The van der Waals surface area contributed by atoms with Gasteiger partial charge in [0.1, 0.15) is 12.2 Å². The summed E-state index contributed by atoms with van der Waals surface area (Å²) in [4.78, 5) is 23.7. The number of hydrogen-bond donors (Lipinski definition) is 1. The number of aromatic nitrogens is 2. The van der Waals surface area contributed by atoms with Crippen molar-refractivity contribution in [3.63, 3.8) is 0 Å². The van der Waals surface area contributed by atoms with Gasteiger partial charge in [0.15, 0.2) is 11.0 Å². The van der Waals surface area contributed by atoms with Gasteiger partial charge in [0, 0.05) is 0 Å². The number of amides is 1. The molecule has 0 saturated heterocycles. The minimum Gasteiger partial charge on any atom is -0.462 e. The molecule has 1 aromatic heterocycles. The molecule has 0 saturated carbocycles. The molecule has 1 amide bonds. The molecule has 7 nitrogen and oxygen atoms in total. The van der Waals surface area contributed by atoms with Gasteiger partial charge in [0.2, 0.25) is 0 Å². The molecule has 0 unspecified atom stereocenters. The summed E-state index contributed by atoms with van der Waals surface area (Å²) in [7, 11) is 0. The highest BCUT2D eigenvalue weighted by Gasteiger charge is 2.18. The first-order valence-corrected chi connectivity index (χ1v) is 7.16. The molecule has 2 aromatic rings. The van der Waals surface area contributed by atoms with E-state index in [2.05, 4.69) is 15.5 Å². The summed E-state index contributed by atoms with van der Waals surface area (Å²) < 4.78 is 9.93. The van der Waals surface area contributed by atoms with Crippen molar-refractivity contribution in [1.82, 2.24) is 10.2 Å². The maximum absolute atomic E-state index is 11.8. The summed E-state index contributed by atoms with van der Waals surface area (Å²) in [5, 5.41) is 9.64. The largest absolute Gasteiger partial charge is 0.462 e. The molecule has 120 valence electrons. The number of hydrogen-bond acceptors (Lipinski definition) is 6. The molecule has 0 aliphatic heterocycles. The molecule has 0 aliphatic carbocycles. The molecule has 2 rings (SSSR count). The Morgan fingerprint density at radius 3 is 2.61 bits per heavy atom. The van der Waals surface area contributed by atoms with Crippen LogP contribution in [-0.4, -0.2) is 28.9 Å². The third-order valence-electron chi connectivity index (χ3n) is 2.69. The molecule has 0 aliphatic rings. The van der Waals surface area contributed by atoms with Crippen LogP contribution in [-0.2, 0) is 16.1 Å². The number of rotatable bonds is 5. The van der Waals surface area contributed by atoms with Gasteiger partial charge in [0.25, 0.3) is 0 Å². The van der Waals surface area contributed by atoms with Crippen LogP contribution in [0.25, 0.3) is 0 Å². The maximum atomic E-state index is 11.8. The lowest BCUT2D eigenvalue weighted by molar-refractivity contribution is 0.0527. The van der Waals surface area contributed by atoms with E-state index in [1.54, 1.807) is 6.92 Å². The van der Waals surface area contributed by atoms with E-state index in [1.165, 1.54) is 6.07 Å². The van der Waals surface area contributed by atoms with E-state index in [1.807, 2.05) is 30.3 Å². The van der Waals surface area contributed by atoms with Gasteiger partial charge in [-0.15, -0.1) is 10.2 Å². The molecule has 23 heavy (non-hydrogen) atoms. The highest BCUT2D eigenvalue weighted by Crippen LogP contribution is 2.17. The quantitative estimate of drug-likeness (QED) is 0.844. The Kier molecular flexibility index (Phi) is 5.87. The molecule has 1 N–H and O–H groups in total. The SMILES string of the molecule is CCOC(=O)c1cc(Cl)nnc1NC(=O)OCc1ccccc1. The van der Waals surface area contributed by atoms with Crippen molar-refractivity contribution in [3.05, 3.63) is 52.7 Å². The standard InChI is InChI=1S/C15H14ClN3O4/c1-2-22-14(20)11-8-12(16)18-19-13(11)17-15(21)23-9-10-6-4-3-5-7-10/h3-8H,2,9H2,1H3,(H,17,19,21). The average Bonchev–Trinajstić information content (AvgIpc) is 2.56. The van der Waals surface area contributed by atoms with Crippen LogP contribution in [0.15, 0.2) is 36.4 Å². The first kappa shape index (κ1) is 16.7. The van der Waals surface area contributed by atoms with Crippen molar-refractivity contribution < 1.29 is 19.1 Å². The van der Waals surface area contributed by atoms with Crippen LogP contribution in [0.2, 0.25) is 5.15 Å². The van der Waals surface area contributed by atoms with Gasteiger partial charge in [-0.2, -0.15) is 0 Å². The predicted octanol–water partition coefficient (Wildman–Crippen LogP) is 3.06. The highest BCUT2D eigenvalue weighted by molar-refractivity contribution is 6.29. The topological polar surface area (TPSA) is 90.4 Å². The zero-order valence-electron chi connectivity index (χ0n) is 12.3. The maximum Gasteiger partial charge on any atom is 0.413 e. The lowest BCUT2D eigenvalue weighted by Crippen LogP contribution is -2.18. The van der Waals surface area contributed by atoms with E-state index in [0.29, 0.717) is 0 Å². The van der Waals surface area contributed by atoms with Crippen molar-refractivity contribution in [2.45, 2.75) is 13.5 Å². The summed E-state index contributed by atoms with van der Waals surface area (Å²) in [6, 6.07) is 10.4. The Morgan fingerprint density at radius 1 is 1.17 bits per heavy atom. The van der Waals surface area contributed by atoms with Crippen LogP contribution in [0.4, 0.5) is 10.6 Å². The third kappa shape index (κ3) is 4.93. The van der Waals surface area contributed by atoms with Gasteiger partial charge in [-0.3, -0.25) is 5.32 Å². The summed E-state index contributed by atoms with van der Waals surface area (Å²) in [5.41, 5.74) is 0.832. The molecule has 1 aromatic carbocycles. The smallest absolute Gasteiger partial charge is 0.413 e. The Labute approximate surface area is 137 Å². The van der Waals surface area contributed by atoms with Crippen LogP contribution < -0.4 is 5.32 Å². The molecule has 8 heteroatoms. The fourth-order valence-electron chi connectivity index (χ4n) is 1.68. The fourth-order valence-corrected chi connectivity index (χ4v) is 1.83. The first-order valence-electron chi connectivity index (χ1n) is 6.78. The Hall–Kier alpha value is -2.67. The van der Waals surface area contributed by atoms with Gasteiger partial charge in [-0.1, -0.05) is 41.9 Å². The van der Waals surface area contributed by atoms with Gasteiger partial charge < -0.3 is 9.47 Å². The van der Waals surface area contributed by atoms with Crippen molar-refractivity contribution in [3.8, 4) is 0 Å². The number of benzene rings is 1. The molecule has 0 atom stereocenters. The molecular weight excluding hydrogens is 322 g/mol.